The van der Waals surface area contributed by atoms with Gasteiger partial charge in [-0.05, 0) is 72.9 Å². The topological polar surface area (TPSA) is 121 Å². The van der Waals surface area contributed by atoms with Crippen molar-refractivity contribution in [2.75, 3.05) is 5.32 Å². The Morgan fingerprint density at radius 3 is 2.82 bits per heavy atom. The van der Waals surface area contributed by atoms with E-state index in [0.717, 1.165) is 35.3 Å². The fourth-order valence-electron chi connectivity index (χ4n) is 5.02. The van der Waals surface area contributed by atoms with E-state index in [-0.39, 0.29) is 5.41 Å². The van der Waals surface area contributed by atoms with Crippen molar-refractivity contribution >= 4 is 39.2 Å². The number of aromatic amines is 1. The van der Waals surface area contributed by atoms with Gasteiger partial charge in [0.15, 0.2) is 6.10 Å². The van der Waals surface area contributed by atoms with E-state index in [4.69, 9.17) is 4.74 Å². The molecular formula is C30H31N5O3S. The summed E-state index contributed by atoms with van der Waals surface area (Å²) in [5, 5.41) is 13.3. The van der Waals surface area contributed by atoms with E-state index in [1.54, 1.807) is 37.5 Å². The average Bonchev–Trinajstić information content (AvgIpc) is 3.51. The quantitative estimate of drug-likeness (QED) is 0.277. The van der Waals surface area contributed by atoms with Crippen molar-refractivity contribution in [3.63, 3.8) is 0 Å². The maximum absolute atomic E-state index is 13.2. The molecule has 9 heteroatoms. The zero-order chi connectivity index (χ0) is 27.7. The summed E-state index contributed by atoms with van der Waals surface area (Å²) in [4.78, 5) is 39.2. The number of amides is 1. The molecule has 2 atom stereocenters. The number of nitriles is 1. The summed E-state index contributed by atoms with van der Waals surface area (Å²) in [6, 6.07) is 11.1. The Labute approximate surface area is 231 Å². The molecule has 39 heavy (non-hydrogen) atoms. The summed E-state index contributed by atoms with van der Waals surface area (Å²) in [7, 11) is 0. The summed E-state index contributed by atoms with van der Waals surface area (Å²) in [5.41, 5.74) is 4.28. The maximum atomic E-state index is 13.2. The molecule has 2 unspecified atom stereocenters. The second-order valence-electron chi connectivity index (χ2n) is 11.0. The van der Waals surface area contributed by atoms with E-state index in [0.29, 0.717) is 45.3 Å². The molecule has 200 valence electrons. The Kier molecular flexibility index (Phi) is 7.23. The van der Waals surface area contributed by atoms with Crippen LogP contribution >= 0.6 is 11.3 Å². The summed E-state index contributed by atoms with van der Waals surface area (Å²) in [6.45, 7) is 8.52. The van der Waals surface area contributed by atoms with Gasteiger partial charge < -0.3 is 15.0 Å². The summed E-state index contributed by atoms with van der Waals surface area (Å²) < 4.78 is 5.62. The molecule has 0 bridgehead atoms. The summed E-state index contributed by atoms with van der Waals surface area (Å²) in [5.74, 6) is 0.135. The monoisotopic (exact) mass is 541 g/mol. The number of nitrogens with zero attached hydrogens (tertiary/aromatic N) is 3. The third kappa shape index (κ3) is 5.43. The van der Waals surface area contributed by atoms with Gasteiger partial charge in [0, 0.05) is 22.8 Å². The molecule has 0 fully saturated rings. The number of aromatic nitrogens is 3. The molecule has 1 aliphatic rings. The van der Waals surface area contributed by atoms with Crippen molar-refractivity contribution in [3.8, 4) is 17.5 Å². The number of carbonyl (C=O) groups excluding carboxylic acids is 2. The van der Waals surface area contributed by atoms with Crippen LogP contribution in [0.15, 0.2) is 42.7 Å². The molecule has 3 aromatic heterocycles. The van der Waals surface area contributed by atoms with Gasteiger partial charge in [0.25, 0.3) is 5.91 Å². The fourth-order valence-corrected chi connectivity index (χ4v) is 6.30. The van der Waals surface area contributed by atoms with E-state index < -0.39 is 18.0 Å². The van der Waals surface area contributed by atoms with E-state index in [1.165, 1.54) is 11.3 Å². The normalized spacial score (nSPS) is 15.8. The van der Waals surface area contributed by atoms with Gasteiger partial charge in [0.1, 0.15) is 16.9 Å². The fraction of sp³-hybridized carbons (Fsp3) is 0.367. The molecule has 8 nitrogen and oxygen atoms in total. The van der Waals surface area contributed by atoms with Crippen molar-refractivity contribution in [1.29, 1.82) is 5.26 Å². The second kappa shape index (κ2) is 10.6. The van der Waals surface area contributed by atoms with Crippen LogP contribution in [0.5, 0.6) is 0 Å². The van der Waals surface area contributed by atoms with Crippen LogP contribution in [0.3, 0.4) is 0 Å². The number of ether oxygens (including phenoxy) is 1. The van der Waals surface area contributed by atoms with Gasteiger partial charge in [-0.3, -0.25) is 9.78 Å². The molecule has 5 rings (SSSR count). The van der Waals surface area contributed by atoms with Gasteiger partial charge in [0.2, 0.25) is 0 Å². The maximum Gasteiger partial charge on any atom is 0.338 e. The Morgan fingerprint density at radius 1 is 1.31 bits per heavy atom. The number of rotatable bonds is 6. The highest BCUT2D eigenvalue weighted by atomic mass is 32.1. The van der Waals surface area contributed by atoms with E-state index in [2.05, 4.69) is 47.1 Å². The lowest BCUT2D eigenvalue weighted by Crippen LogP contribution is -2.32. The molecule has 1 aromatic carbocycles. The van der Waals surface area contributed by atoms with Crippen molar-refractivity contribution in [1.82, 2.24) is 15.0 Å². The molecule has 0 radical (unpaired) electrons. The second-order valence-corrected chi connectivity index (χ2v) is 12.1. The highest BCUT2D eigenvalue weighted by Crippen LogP contribution is 2.44. The average molecular weight is 542 g/mol. The van der Waals surface area contributed by atoms with E-state index in [9.17, 15) is 14.9 Å². The zero-order valence-corrected chi connectivity index (χ0v) is 23.3. The predicted octanol–water partition coefficient (Wildman–Crippen LogP) is 6.28. The van der Waals surface area contributed by atoms with Crippen molar-refractivity contribution in [3.05, 3.63) is 64.3 Å². The first-order chi connectivity index (χ1) is 18.7. The number of H-pyrrole nitrogens is 1. The summed E-state index contributed by atoms with van der Waals surface area (Å²) >= 11 is 1.47. The number of nitrogens with one attached hydrogen (secondary N) is 2. The number of hydrogen-bond acceptors (Lipinski definition) is 7. The standard InChI is InChI=1S/C30H31N5O3S/c1-5-24(27(36)35-28-21(15-31)20-10-9-19(30(2,3)4)14-25(20)39-28)38-29(37)17-8-11-22-23(13-17)34-26(33-22)18-7-6-12-32-16-18/h6-8,11-13,16,19,24H,5,9-10,14H2,1-4H3,(H,33,34)(H,35,36). The lowest BCUT2D eigenvalue weighted by molar-refractivity contribution is -0.124. The predicted molar refractivity (Wildman–Crippen MR) is 151 cm³/mol. The zero-order valence-electron chi connectivity index (χ0n) is 22.5. The molecule has 1 amide bonds. The molecule has 2 N–H and O–H groups in total. The van der Waals surface area contributed by atoms with Crippen LogP contribution in [0.4, 0.5) is 5.00 Å². The van der Waals surface area contributed by atoms with Crippen LogP contribution in [0.1, 0.15) is 66.9 Å². The highest BCUT2D eigenvalue weighted by Gasteiger charge is 2.33. The smallest absolute Gasteiger partial charge is 0.338 e. The van der Waals surface area contributed by atoms with Gasteiger partial charge in [0.05, 0.1) is 22.2 Å². The number of imidazole rings is 1. The van der Waals surface area contributed by atoms with E-state index >= 15 is 0 Å². The van der Waals surface area contributed by atoms with Gasteiger partial charge >= 0.3 is 5.97 Å². The van der Waals surface area contributed by atoms with Crippen molar-refractivity contribution in [2.24, 2.45) is 11.3 Å². The Hall–Kier alpha value is -4.03. The molecule has 3 heterocycles. The SMILES string of the molecule is CCC(OC(=O)c1ccc2nc(-c3cccnc3)[nH]c2c1)C(=O)Nc1sc2c(c1C#N)CCC(C(C)(C)C)C2. The molecular weight excluding hydrogens is 510 g/mol. The van der Waals surface area contributed by atoms with Crippen LogP contribution in [-0.2, 0) is 22.4 Å². The largest absolute Gasteiger partial charge is 0.449 e. The first kappa shape index (κ1) is 26.6. The van der Waals surface area contributed by atoms with Crippen LogP contribution in [0, 0.1) is 22.7 Å². The lowest BCUT2D eigenvalue weighted by Gasteiger charge is -2.33. The molecule has 4 aromatic rings. The Bertz CT molecular complexity index is 1580. The van der Waals surface area contributed by atoms with Crippen LogP contribution in [0.2, 0.25) is 0 Å². The number of anilines is 1. The van der Waals surface area contributed by atoms with Gasteiger partial charge in [-0.15, -0.1) is 11.3 Å². The number of benzene rings is 1. The van der Waals surface area contributed by atoms with Gasteiger partial charge in [-0.1, -0.05) is 27.7 Å². The minimum Gasteiger partial charge on any atom is -0.449 e. The van der Waals surface area contributed by atoms with Crippen molar-refractivity contribution in [2.45, 2.75) is 59.5 Å². The van der Waals surface area contributed by atoms with E-state index in [1.807, 2.05) is 12.1 Å². The summed E-state index contributed by atoms with van der Waals surface area (Å²) in [6.07, 6.45) is 5.46. The van der Waals surface area contributed by atoms with Crippen LogP contribution in [0.25, 0.3) is 22.4 Å². The molecule has 0 saturated carbocycles. The third-order valence-electron chi connectivity index (χ3n) is 7.40. The van der Waals surface area contributed by atoms with Crippen LogP contribution in [-0.4, -0.2) is 32.9 Å². The first-order valence-corrected chi connectivity index (χ1v) is 14.0. The Balaban J connectivity index is 1.30. The minimum absolute atomic E-state index is 0.179. The highest BCUT2D eigenvalue weighted by molar-refractivity contribution is 7.16. The van der Waals surface area contributed by atoms with Gasteiger partial charge in [-0.2, -0.15) is 5.26 Å². The number of fused-ring (bicyclic) bond motifs is 2. The molecule has 1 aliphatic carbocycles. The first-order valence-electron chi connectivity index (χ1n) is 13.1. The van der Waals surface area contributed by atoms with Gasteiger partial charge in [-0.25, -0.2) is 9.78 Å². The third-order valence-corrected chi connectivity index (χ3v) is 8.57. The van der Waals surface area contributed by atoms with Crippen LogP contribution < -0.4 is 5.32 Å². The molecule has 0 spiro atoms. The number of thiophene rings is 1. The number of carbonyl (C=O) groups is 2. The number of esters is 1. The minimum atomic E-state index is -0.992. The number of hydrogen-bond donors (Lipinski definition) is 2. The van der Waals surface area contributed by atoms with Crippen molar-refractivity contribution < 1.29 is 14.3 Å². The Morgan fingerprint density at radius 2 is 2.13 bits per heavy atom. The lowest BCUT2D eigenvalue weighted by atomic mass is 9.72. The number of pyridine rings is 1. The molecule has 0 aliphatic heterocycles. The molecule has 0 saturated heterocycles.